The molecule has 6 rings (SSSR count). The van der Waals surface area contributed by atoms with Crippen LogP contribution in [0.4, 0.5) is 0 Å². The van der Waals surface area contributed by atoms with Gasteiger partial charge in [-0.2, -0.15) is 0 Å². The molecule has 2 saturated carbocycles. The molecule has 168 valence electrons. The third-order valence-corrected chi connectivity index (χ3v) is 8.39. The fourth-order valence-corrected chi connectivity index (χ4v) is 6.90. The lowest BCUT2D eigenvalue weighted by Gasteiger charge is -2.43. The summed E-state index contributed by atoms with van der Waals surface area (Å²) in [6, 6.07) is 19.4. The third kappa shape index (κ3) is 2.47. The van der Waals surface area contributed by atoms with Gasteiger partial charge in [-0.05, 0) is 29.7 Å². The zero-order chi connectivity index (χ0) is 23.2. The number of aliphatic hydroxyl groups is 1. The molecule has 0 spiro atoms. The summed E-state index contributed by atoms with van der Waals surface area (Å²) in [4.78, 5) is 20.0. The van der Waals surface area contributed by atoms with Crippen LogP contribution in [0.25, 0.3) is 0 Å². The number of nitrogens with zero attached hydrogens (tertiary/aromatic N) is 2. The van der Waals surface area contributed by atoms with E-state index in [0.29, 0.717) is 22.9 Å². The van der Waals surface area contributed by atoms with Gasteiger partial charge in [0.2, 0.25) is 5.91 Å². The Bertz CT molecular complexity index is 1280. The molecule has 2 heterocycles. The molecule has 5 nitrogen and oxygen atoms in total. The summed E-state index contributed by atoms with van der Waals surface area (Å²) in [6.07, 6.45) is 2.10. The highest BCUT2D eigenvalue weighted by molar-refractivity contribution is 9.10. The minimum atomic E-state index is -1.49. The largest absolute Gasteiger partial charge is 0.476 e. The Kier molecular flexibility index (Phi) is 4.36. The van der Waals surface area contributed by atoms with Gasteiger partial charge in [-0.25, -0.2) is 0 Å². The lowest BCUT2D eigenvalue weighted by molar-refractivity contribution is -0.139. The van der Waals surface area contributed by atoms with E-state index in [1.807, 2.05) is 54.6 Å². The SMILES string of the molecule is CN(C)C(=O)C12CC1C1(O)c3ncc(Cl)cc3OC1(c1ccc(Br)cc1)C2c1ccccc1. The van der Waals surface area contributed by atoms with Crippen LogP contribution in [0.3, 0.4) is 0 Å². The molecule has 2 aliphatic carbocycles. The predicted molar refractivity (Wildman–Crippen MR) is 128 cm³/mol. The number of hydrogen-bond acceptors (Lipinski definition) is 4. The second kappa shape index (κ2) is 6.81. The lowest BCUT2D eigenvalue weighted by atomic mass is 9.67. The van der Waals surface area contributed by atoms with Crippen LogP contribution in [0, 0.1) is 11.3 Å². The van der Waals surface area contributed by atoms with Crippen molar-refractivity contribution in [2.45, 2.75) is 23.5 Å². The number of ether oxygens (including phenoxy) is 1. The molecule has 3 aliphatic rings. The number of amides is 1. The van der Waals surface area contributed by atoms with Gasteiger partial charge in [0.15, 0.2) is 11.2 Å². The maximum absolute atomic E-state index is 13.8. The normalized spacial score (nSPS) is 33.0. The van der Waals surface area contributed by atoms with Crippen molar-refractivity contribution in [2.24, 2.45) is 11.3 Å². The molecule has 2 fully saturated rings. The number of fused-ring (bicyclic) bond motifs is 5. The van der Waals surface area contributed by atoms with E-state index in [-0.39, 0.29) is 11.8 Å². The molecule has 3 aromatic rings. The van der Waals surface area contributed by atoms with Crippen molar-refractivity contribution in [2.75, 3.05) is 14.1 Å². The van der Waals surface area contributed by atoms with Crippen molar-refractivity contribution >= 4 is 33.4 Å². The van der Waals surface area contributed by atoms with E-state index in [2.05, 4.69) is 20.9 Å². The average molecular weight is 526 g/mol. The van der Waals surface area contributed by atoms with Crippen molar-refractivity contribution in [3.05, 3.63) is 93.2 Å². The first kappa shape index (κ1) is 21.1. The second-order valence-corrected chi connectivity index (χ2v) is 10.8. The maximum atomic E-state index is 13.8. The Morgan fingerprint density at radius 1 is 1.18 bits per heavy atom. The zero-order valence-corrected chi connectivity index (χ0v) is 20.5. The zero-order valence-electron chi connectivity index (χ0n) is 18.1. The molecular formula is C26H22BrClN2O3. The highest BCUT2D eigenvalue weighted by atomic mass is 79.9. The molecule has 7 heteroatoms. The number of carbonyl (C=O) groups is 1. The molecule has 1 amide bonds. The van der Waals surface area contributed by atoms with Crippen LogP contribution in [0.2, 0.25) is 5.02 Å². The molecular weight excluding hydrogens is 504 g/mol. The van der Waals surface area contributed by atoms with Gasteiger partial charge in [-0.3, -0.25) is 9.78 Å². The summed E-state index contributed by atoms with van der Waals surface area (Å²) in [7, 11) is 3.54. The van der Waals surface area contributed by atoms with Gasteiger partial charge in [-0.1, -0.05) is 70.0 Å². The van der Waals surface area contributed by atoms with Crippen LogP contribution in [-0.2, 0) is 16.0 Å². The molecule has 2 aromatic carbocycles. The molecule has 5 unspecified atom stereocenters. The number of rotatable bonds is 3. The summed E-state index contributed by atoms with van der Waals surface area (Å²) < 4.78 is 7.69. The number of halogens is 2. The quantitative estimate of drug-likeness (QED) is 0.530. The van der Waals surface area contributed by atoms with E-state index in [4.69, 9.17) is 16.3 Å². The van der Waals surface area contributed by atoms with E-state index in [0.717, 1.165) is 15.6 Å². The van der Waals surface area contributed by atoms with E-state index < -0.39 is 22.5 Å². The summed E-state index contributed by atoms with van der Waals surface area (Å²) in [5.41, 5.74) is -1.32. The standard InChI is InChI=1S/C26H22BrClN2O3/c1-30(2)23(31)24-13-20(24)25(32)22-19(12-18(28)14-29-22)33-26(25,16-8-10-17(27)11-9-16)21(24)15-6-4-3-5-7-15/h3-12,14,20-21,32H,13H2,1-2H3. The number of aromatic nitrogens is 1. The first-order valence-corrected chi connectivity index (χ1v) is 12.0. The minimum Gasteiger partial charge on any atom is -0.476 e. The van der Waals surface area contributed by atoms with E-state index >= 15 is 0 Å². The molecule has 1 aromatic heterocycles. The van der Waals surface area contributed by atoms with Gasteiger partial charge in [0.25, 0.3) is 0 Å². The van der Waals surface area contributed by atoms with Crippen LogP contribution in [-0.4, -0.2) is 35.0 Å². The molecule has 5 atom stereocenters. The lowest BCUT2D eigenvalue weighted by Crippen LogP contribution is -2.52. The molecule has 0 bridgehead atoms. The topological polar surface area (TPSA) is 62.7 Å². The Balaban J connectivity index is 1.70. The Morgan fingerprint density at radius 3 is 2.55 bits per heavy atom. The van der Waals surface area contributed by atoms with E-state index in [9.17, 15) is 9.90 Å². The average Bonchev–Trinajstić information content (AvgIpc) is 3.44. The monoisotopic (exact) mass is 524 g/mol. The van der Waals surface area contributed by atoms with Crippen LogP contribution in [0.5, 0.6) is 5.75 Å². The van der Waals surface area contributed by atoms with Gasteiger partial charge < -0.3 is 14.7 Å². The van der Waals surface area contributed by atoms with E-state index in [1.165, 1.54) is 6.20 Å². The fourth-order valence-electron chi connectivity index (χ4n) is 6.49. The maximum Gasteiger partial charge on any atom is 0.229 e. The van der Waals surface area contributed by atoms with Gasteiger partial charge in [0, 0.05) is 42.7 Å². The van der Waals surface area contributed by atoms with Crippen LogP contribution < -0.4 is 4.74 Å². The molecule has 0 radical (unpaired) electrons. The highest BCUT2D eigenvalue weighted by Gasteiger charge is 2.90. The van der Waals surface area contributed by atoms with Gasteiger partial charge >= 0.3 is 0 Å². The summed E-state index contributed by atoms with van der Waals surface area (Å²) >= 11 is 9.78. The number of carbonyl (C=O) groups excluding carboxylic acids is 1. The first-order valence-electron chi connectivity index (χ1n) is 10.9. The summed E-state index contributed by atoms with van der Waals surface area (Å²) in [5.74, 6) is -0.305. The first-order chi connectivity index (χ1) is 15.8. The van der Waals surface area contributed by atoms with Crippen molar-refractivity contribution in [1.82, 2.24) is 9.88 Å². The van der Waals surface area contributed by atoms with Crippen molar-refractivity contribution < 1.29 is 14.6 Å². The van der Waals surface area contributed by atoms with Crippen molar-refractivity contribution in [3.63, 3.8) is 0 Å². The van der Waals surface area contributed by atoms with E-state index in [1.54, 1.807) is 25.1 Å². The highest BCUT2D eigenvalue weighted by Crippen LogP contribution is 2.84. The number of benzene rings is 2. The van der Waals surface area contributed by atoms with Gasteiger partial charge in [0.05, 0.1) is 10.4 Å². The van der Waals surface area contributed by atoms with Crippen molar-refractivity contribution in [3.8, 4) is 5.75 Å². The summed E-state index contributed by atoms with van der Waals surface area (Å²) in [6.45, 7) is 0. The number of pyridine rings is 1. The molecule has 33 heavy (non-hydrogen) atoms. The van der Waals surface area contributed by atoms with Crippen molar-refractivity contribution in [1.29, 1.82) is 0 Å². The van der Waals surface area contributed by atoms with Gasteiger partial charge in [-0.15, -0.1) is 0 Å². The smallest absolute Gasteiger partial charge is 0.229 e. The Morgan fingerprint density at radius 2 is 1.88 bits per heavy atom. The fraction of sp³-hybridized carbons (Fsp3) is 0.308. The third-order valence-electron chi connectivity index (χ3n) is 7.66. The molecule has 1 aliphatic heterocycles. The molecule has 0 saturated heterocycles. The Hall–Kier alpha value is -2.41. The number of hydrogen-bond donors (Lipinski definition) is 1. The minimum absolute atomic E-state index is 0.000205. The van der Waals surface area contributed by atoms with Crippen LogP contribution >= 0.6 is 27.5 Å². The van der Waals surface area contributed by atoms with Crippen LogP contribution in [0.15, 0.2) is 71.3 Å². The Labute approximate surface area is 205 Å². The predicted octanol–water partition coefficient (Wildman–Crippen LogP) is 4.86. The summed E-state index contributed by atoms with van der Waals surface area (Å²) in [5, 5.41) is 13.1. The molecule has 1 N–H and O–H groups in total. The second-order valence-electron chi connectivity index (χ2n) is 9.45. The van der Waals surface area contributed by atoms with Crippen LogP contribution in [0.1, 0.15) is 29.2 Å². The van der Waals surface area contributed by atoms with Gasteiger partial charge in [0.1, 0.15) is 11.4 Å².